The monoisotopic (exact) mass is 256 g/mol. The molecule has 1 heterocycles. The molecule has 0 bridgehead atoms. The van der Waals surface area contributed by atoms with Crippen LogP contribution in [0.4, 0.5) is 0 Å². The fourth-order valence-corrected chi connectivity index (χ4v) is 2.06. The molecule has 0 atom stereocenters. The number of ether oxygens (including phenoxy) is 1. The smallest absolute Gasteiger partial charge is 0.254 e. The van der Waals surface area contributed by atoms with Crippen molar-refractivity contribution >= 4 is 17.9 Å². The summed E-state index contributed by atoms with van der Waals surface area (Å²) in [6.07, 6.45) is 3.67. The van der Waals surface area contributed by atoms with Gasteiger partial charge in [0.2, 0.25) is 5.90 Å². The molecule has 0 fully saturated rings. The standard InChI is InChI=1S/C15H16N2O2/c1-15(2)11(12(13(16)18)14(17)19-15)9-8-10-6-4-3-5-7-10/h3-9,17H,1-2H3,(H2,16,18). The van der Waals surface area contributed by atoms with Crippen LogP contribution in [0.25, 0.3) is 6.08 Å². The summed E-state index contributed by atoms with van der Waals surface area (Å²) >= 11 is 0. The molecule has 0 saturated heterocycles. The van der Waals surface area contributed by atoms with E-state index >= 15 is 0 Å². The Morgan fingerprint density at radius 3 is 2.47 bits per heavy atom. The molecular formula is C15H16N2O2. The van der Waals surface area contributed by atoms with Crippen molar-refractivity contribution < 1.29 is 9.53 Å². The normalized spacial score (nSPS) is 17.9. The topological polar surface area (TPSA) is 76.2 Å². The van der Waals surface area contributed by atoms with Crippen LogP contribution in [0.5, 0.6) is 0 Å². The number of nitrogens with two attached hydrogens (primary N) is 1. The molecule has 1 aromatic rings. The molecule has 1 aliphatic heterocycles. The molecule has 19 heavy (non-hydrogen) atoms. The lowest BCUT2D eigenvalue weighted by Crippen LogP contribution is -2.22. The molecule has 1 aromatic carbocycles. The second-order valence-electron chi connectivity index (χ2n) is 4.84. The zero-order chi connectivity index (χ0) is 14.0. The van der Waals surface area contributed by atoms with Crippen LogP contribution in [0.2, 0.25) is 0 Å². The van der Waals surface area contributed by atoms with Gasteiger partial charge in [-0.25, -0.2) is 0 Å². The van der Waals surface area contributed by atoms with Gasteiger partial charge >= 0.3 is 0 Å². The molecule has 4 nitrogen and oxygen atoms in total. The number of nitrogens with one attached hydrogen (secondary N) is 1. The lowest BCUT2D eigenvalue weighted by Gasteiger charge is -2.19. The third-order valence-electron chi connectivity index (χ3n) is 2.99. The number of amides is 1. The number of carbonyl (C=O) groups is 1. The van der Waals surface area contributed by atoms with Crippen molar-refractivity contribution in [3.8, 4) is 0 Å². The van der Waals surface area contributed by atoms with Crippen LogP contribution in [0.1, 0.15) is 19.4 Å². The van der Waals surface area contributed by atoms with E-state index in [0.717, 1.165) is 5.56 Å². The van der Waals surface area contributed by atoms with Crippen molar-refractivity contribution in [2.24, 2.45) is 5.73 Å². The highest BCUT2D eigenvalue weighted by Gasteiger charge is 2.39. The van der Waals surface area contributed by atoms with Gasteiger partial charge in [-0.1, -0.05) is 42.5 Å². The minimum atomic E-state index is -0.716. The van der Waals surface area contributed by atoms with Gasteiger partial charge in [0.15, 0.2) is 0 Å². The Morgan fingerprint density at radius 1 is 1.26 bits per heavy atom. The number of primary amides is 1. The molecule has 1 amide bonds. The van der Waals surface area contributed by atoms with E-state index < -0.39 is 11.5 Å². The van der Waals surface area contributed by atoms with Crippen LogP contribution in [-0.4, -0.2) is 17.4 Å². The molecule has 98 valence electrons. The van der Waals surface area contributed by atoms with Gasteiger partial charge in [0, 0.05) is 5.57 Å². The molecule has 4 heteroatoms. The quantitative estimate of drug-likeness (QED) is 0.870. The summed E-state index contributed by atoms with van der Waals surface area (Å²) in [7, 11) is 0. The predicted molar refractivity (Wildman–Crippen MR) is 74.6 cm³/mol. The highest BCUT2D eigenvalue weighted by molar-refractivity contribution is 6.19. The second-order valence-corrected chi connectivity index (χ2v) is 4.84. The molecule has 0 radical (unpaired) electrons. The number of benzene rings is 1. The molecular weight excluding hydrogens is 240 g/mol. The summed E-state index contributed by atoms with van der Waals surface area (Å²) < 4.78 is 5.38. The van der Waals surface area contributed by atoms with E-state index in [4.69, 9.17) is 15.9 Å². The SMILES string of the molecule is CC1(C)OC(=N)C(C(N)=O)=C1C=Cc1ccccc1. The second kappa shape index (κ2) is 4.72. The first-order valence-electron chi connectivity index (χ1n) is 5.97. The summed E-state index contributed by atoms with van der Waals surface area (Å²) in [5.74, 6) is -0.798. The summed E-state index contributed by atoms with van der Waals surface area (Å²) in [6, 6.07) is 9.71. The molecule has 3 N–H and O–H groups in total. The van der Waals surface area contributed by atoms with Gasteiger partial charge in [-0.15, -0.1) is 0 Å². The minimum absolute atomic E-state index is 0.150. The summed E-state index contributed by atoms with van der Waals surface area (Å²) in [4.78, 5) is 11.4. The number of hydrogen-bond donors (Lipinski definition) is 2. The average Bonchev–Trinajstić information content (AvgIpc) is 2.57. The Labute approximate surface area is 112 Å². The summed E-state index contributed by atoms with van der Waals surface area (Å²) in [5.41, 5.74) is 6.39. The fraction of sp³-hybridized carbons (Fsp3) is 0.200. The van der Waals surface area contributed by atoms with E-state index in [-0.39, 0.29) is 11.5 Å². The first-order chi connectivity index (χ1) is 8.92. The van der Waals surface area contributed by atoms with Crippen molar-refractivity contribution in [1.29, 1.82) is 5.41 Å². The van der Waals surface area contributed by atoms with Crippen LogP contribution in [-0.2, 0) is 9.53 Å². The Hall–Kier alpha value is -2.36. The third-order valence-corrected chi connectivity index (χ3v) is 2.99. The van der Waals surface area contributed by atoms with Crippen molar-refractivity contribution in [1.82, 2.24) is 0 Å². The Bertz CT molecular complexity index is 583. The molecule has 0 aromatic heterocycles. The maximum absolute atomic E-state index is 11.4. The highest BCUT2D eigenvalue weighted by Crippen LogP contribution is 2.33. The first-order valence-corrected chi connectivity index (χ1v) is 5.97. The summed E-state index contributed by atoms with van der Waals surface area (Å²) in [6.45, 7) is 3.62. The van der Waals surface area contributed by atoms with Crippen LogP contribution in [0, 0.1) is 5.41 Å². The fourth-order valence-electron chi connectivity index (χ4n) is 2.06. The van der Waals surface area contributed by atoms with Gasteiger partial charge in [-0.2, -0.15) is 0 Å². The minimum Gasteiger partial charge on any atom is -0.467 e. The zero-order valence-corrected chi connectivity index (χ0v) is 10.9. The van der Waals surface area contributed by atoms with Gasteiger partial charge < -0.3 is 10.5 Å². The average molecular weight is 256 g/mol. The maximum Gasteiger partial charge on any atom is 0.254 e. The predicted octanol–water partition coefficient (Wildman–Crippen LogP) is 2.27. The van der Waals surface area contributed by atoms with Crippen molar-refractivity contribution in [3.63, 3.8) is 0 Å². The van der Waals surface area contributed by atoms with Crippen molar-refractivity contribution in [3.05, 3.63) is 53.1 Å². The van der Waals surface area contributed by atoms with E-state index in [1.54, 1.807) is 6.08 Å². The third kappa shape index (κ3) is 2.57. The van der Waals surface area contributed by atoms with Gasteiger partial charge in [0.1, 0.15) is 11.2 Å². The molecule has 1 aliphatic rings. The van der Waals surface area contributed by atoms with Crippen LogP contribution >= 0.6 is 0 Å². The Kier molecular flexibility index (Phi) is 3.25. The molecule has 0 unspecified atom stereocenters. The molecule has 0 aliphatic carbocycles. The number of hydrogen-bond acceptors (Lipinski definition) is 3. The number of carbonyl (C=O) groups excluding carboxylic acids is 1. The van der Waals surface area contributed by atoms with Gasteiger partial charge in [0.05, 0.1) is 0 Å². The maximum atomic E-state index is 11.4. The van der Waals surface area contributed by atoms with Gasteiger partial charge in [-0.05, 0) is 19.4 Å². The number of rotatable bonds is 3. The molecule has 0 saturated carbocycles. The first kappa shape index (κ1) is 13.1. The van der Waals surface area contributed by atoms with Crippen LogP contribution < -0.4 is 5.73 Å². The zero-order valence-electron chi connectivity index (χ0n) is 10.9. The van der Waals surface area contributed by atoms with Crippen LogP contribution in [0.15, 0.2) is 47.6 Å². The highest BCUT2D eigenvalue weighted by atomic mass is 16.5. The van der Waals surface area contributed by atoms with E-state index in [0.29, 0.717) is 5.57 Å². The summed E-state index contributed by atoms with van der Waals surface area (Å²) in [5, 5.41) is 7.69. The lowest BCUT2D eigenvalue weighted by atomic mass is 9.94. The van der Waals surface area contributed by atoms with Crippen molar-refractivity contribution in [2.45, 2.75) is 19.4 Å². The molecule has 0 spiro atoms. The van der Waals surface area contributed by atoms with Gasteiger partial charge in [0.25, 0.3) is 5.91 Å². The Balaban J connectivity index is 2.42. The molecule has 2 rings (SSSR count). The largest absolute Gasteiger partial charge is 0.467 e. The van der Waals surface area contributed by atoms with E-state index in [9.17, 15) is 4.79 Å². The van der Waals surface area contributed by atoms with E-state index in [1.165, 1.54) is 0 Å². The van der Waals surface area contributed by atoms with Crippen molar-refractivity contribution in [2.75, 3.05) is 0 Å². The van der Waals surface area contributed by atoms with Crippen LogP contribution in [0.3, 0.4) is 0 Å². The Morgan fingerprint density at radius 2 is 1.89 bits per heavy atom. The lowest BCUT2D eigenvalue weighted by molar-refractivity contribution is -0.114. The van der Waals surface area contributed by atoms with E-state index in [1.807, 2.05) is 50.3 Å². The van der Waals surface area contributed by atoms with Gasteiger partial charge in [-0.3, -0.25) is 10.2 Å². The van der Waals surface area contributed by atoms with E-state index in [2.05, 4.69) is 0 Å².